The molecule has 0 bridgehead atoms. The fourth-order valence-corrected chi connectivity index (χ4v) is 3.31. The number of fused-ring (bicyclic) bond motifs is 1. The van der Waals surface area contributed by atoms with E-state index >= 15 is 0 Å². The number of amides is 2. The van der Waals surface area contributed by atoms with Crippen LogP contribution in [0.1, 0.15) is 33.3 Å². The first kappa shape index (κ1) is 19.6. The predicted molar refractivity (Wildman–Crippen MR) is 110 cm³/mol. The number of rotatable bonds is 5. The van der Waals surface area contributed by atoms with Crippen molar-refractivity contribution in [1.82, 2.24) is 20.6 Å². The van der Waals surface area contributed by atoms with Gasteiger partial charge >= 0.3 is 0 Å². The highest BCUT2D eigenvalue weighted by Gasteiger charge is 2.17. The molecule has 28 heavy (non-hydrogen) atoms. The molecule has 3 aromatic rings. The van der Waals surface area contributed by atoms with E-state index in [0.29, 0.717) is 22.9 Å². The zero-order valence-electron chi connectivity index (χ0n) is 15.6. The molecule has 2 aromatic carbocycles. The third-order valence-corrected chi connectivity index (χ3v) is 4.82. The topological polar surface area (TPSA) is 93.1 Å². The smallest absolute Gasteiger partial charge is 0.267 e. The second-order valence-electron chi connectivity index (χ2n) is 6.05. The number of hydrogen-bond donors (Lipinski definition) is 2. The third kappa shape index (κ3) is 4.07. The van der Waals surface area contributed by atoms with E-state index in [1.54, 1.807) is 55.1 Å². The molecule has 3 rings (SSSR count). The SMILES string of the molecule is CCn1nc(C(=O)NNC(=O)c2ccc(CSC)cc2)c2ccccc2c1=O. The van der Waals surface area contributed by atoms with Gasteiger partial charge in [0, 0.05) is 23.2 Å². The van der Waals surface area contributed by atoms with Crippen molar-refractivity contribution in [3.63, 3.8) is 0 Å². The number of aryl methyl sites for hydroxylation is 1. The number of nitrogens with one attached hydrogen (secondary N) is 2. The van der Waals surface area contributed by atoms with Crippen molar-refractivity contribution in [3.8, 4) is 0 Å². The molecule has 0 saturated carbocycles. The van der Waals surface area contributed by atoms with Crippen molar-refractivity contribution < 1.29 is 9.59 Å². The summed E-state index contributed by atoms with van der Waals surface area (Å²) in [4.78, 5) is 37.2. The van der Waals surface area contributed by atoms with Gasteiger partial charge in [-0.1, -0.05) is 30.3 Å². The first-order valence-corrected chi connectivity index (χ1v) is 10.1. The number of benzene rings is 2. The lowest BCUT2D eigenvalue weighted by atomic mass is 10.1. The molecule has 0 aliphatic rings. The van der Waals surface area contributed by atoms with Crippen molar-refractivity contribution in [2.24, 2.45) is 0 Å². The van der Waals surface area contributed by atoms with Crippen LogP contribution in [0.25, 0.3) is 10.8 Å². The second kappa shape index (κ2) is 8.71. The Balaban J connectivity index is 1.79. The number of hydrogen-bond acceptors (Lipinski definition) is 5. The number of nitrogens with zero attached hydrogens (tertiary/aromatic N) is 2. The minimum atomic E-state index is -0.592. The summed E-state index contributed by atoms with van der Waals surface area (Å²) < 4.78 is 1.23. The zero-order chi connectivity index (χ0) is 20.1. The highest BCUT2D eigenvalue weighted by atomic mass is 32.2. The van der Waals surface area contributed by atoms with E-state index in [-0.39, 0.29) is 11.3 Å². The molecule has 1 heterocycles. The van der Waals surface area contributed by atoms with E-state index in [1.165, 1.54) is 4.68 Å². The maximum atomic E-state index is 12.6. The van der Waals surface area contributed by atoms with Gasteiger partial charge in [0.2, 0.25) is 0 Å². The predicted octanol–water partition coefficient (Wildman–Crippen LogP) is 2.35. The molecule has 1 aromatic heterocycles. The summed E-state index contributed by atoms with van der Waals surface area (Å²) in [7, 11) is 0. The van der Waals surface area contributed by atoms with E-state index < -0.39 is 11.8 Å². The van der Waals surface area contributed by atoms with Gasteiger partial charge in [-0.25, -0.2) is 4.68 Å². The number of hydrazine groups is 1. The van der Waals surface area contributed by atoms with Crippen LogP contribution >= 0.6 is 11.8 Å². The molecule has 0 saturated heterocycles. The average Bonchev–Trinajstić information content (AvgIpc) is 2.73. The molecule has 2 N–H and O–H groups in total. The fraction of sp³-hybridized carbons (Fsp3) is 0.200. The summed E-state index contributed by atoms with van der Waals surface area (Å²) in [6.45, 7) is 2.10. The molecular formula is C20H20N4O3S. The standard InChI is InChI=1S/C20H20N4O3S/c1-3-24-20(27)16-7-5-4-6-15(16)17(23-24)19(26)22-21-18(25)14-10-8-13(9-11-14)12-28-2/h4-11H,3,12H2,1-2H3,(H,21,25)(H,22,26). The number of thioether (sulfide) groups is 1. The van der Waals surface area contributed by atoms with E-state index in [2.05, 4.69) is 16.0 Å². The van der Waals surface area contributed by atoms with Crippen LogP contribution in [-0.4, -0.2) is 27.9 Å². The molecule has 7 nitrogen and oxygen atoms in total. The van der Waals surface area contributed by atoms with E-state index in [9.17, 15) is 14.4 Å². The summed E-state index contributed by atoms with van der Waals surface area (Å²) in [5.41, 5.74) is 6.14. The maximum absolute atomic E-state index is 12.6. The minimum absolute atomic E-state index is 0.0765. The number of aromatic nitrogens is 2. The van der Waals surface area contributed by atoms with Gasteiger partial charge in [-0.15, -0.1) is 0 Å². The van der Waals surface area contributed by atoms with Crippen molar-refractivity contribution in [3.05, 3.63) is 75.7 Å². The molecule has 0 aliphatic heterocycles. The number of carbonyl (C=O) groups is 2. The molecule has 0 unspecified atom stereocenters. The lowest BCUT2D eigenvalue weighted by molar-refractivity contribution is 0.0843. The largest absolute Gasteiger partial charge is 0.290 e. The molecule has 0 radical (unpaired) electrons. The quantitative estimate of drug-likeness (QED) is 0.646. The second-order valence-corrected chi connectivity index (χ2v) is 6.92. The Labute approximate surface area is 166 Å². The normalized spacial score (nSPS) is 10.6. The Morgan fingerprint density at radius 2 is 1.64 bits per heavy atom. The highest BCUT2D eigenvalue weighted by Crippen LogP contribution is 2.13. The Hall–Kier alpha value is -3.13. The molecular weight excluding hydrogens is 376 g/mol. The molecule has 0 fully saturated rings. The van der Waals surface area contributed by atoms with Crippen LogP contribution in [0, 0.1) is 0 Å². The highest BCUT2D eigenvalue weighted by molar-refractivity contribution is 7.97. The molecule has 8 heteroatoms. The maximum Gasteiger partial charge on any atom is 0.290 e. The summed E-state index contributed by atoms with van der Waals surface area (Å²) in [5, 5.41) is 4.98. The van der Waals surface area contributed by atoms with Crippen molar-refractivity contribution in [1.29, 1.82) is 0 Å². The Bertz CT molecular complexity index is 1080. The summed E-state index contributed by atoms with van der Waals surface area (Å²) >= 11 is 1.70. The summed E-state index contributed by atoms with van der Waals surface area (Å²) in [6, 6.07) is 13.9. The van der Waals surface area contributed by atoms with Gasteiger partial charge in [0.1, 0.15) is 0 Å². The fourth-order valence-electron chi connectivity index (χ4n) is 2.78. The molecule has 2 amide bonds. The Morgan fingerprint density at radius 1 is 1.00 bits per heavy atom. The van der Waals surface area contributed by atoms with Gasteiger partial charge in [-0.3, -0.25) is 25.2 Å². The van der Waals surface area contributed by atoms with Crippen LogP contribution in [-0.2, 0) is 12.3 Å². The van der Waals surface area contributed by atoms with Gasteiger partial charge < -0.3 is 0 Å². The van der Waals surface area contributed by atoms with Crippen LogP contribution in [0.4, 0.5) is 0 Å². The minimum Gasteiger partial charge on any atom is -0.267 e. The molecule has 0 aliphatic carbocycles. The summed E-state index contributed by atoms with van der Waals surface area (Å²) in [6.07, 6.45) is 2.01. The number of carbonyl (C=O) groups excluding carboxylic acids is 2. The van der Waals surface area contributed by atoms with Gasteiger partial charge in [-0.2, -0.15) is 16.9 Å². The van der Waals surface area contributed by atoms with E-state index in [4.69, 9.17) is 0 Å². The van der Waals surface area contributed by atoms with Crippen molar-refractivity contribution in [2.75, 3.05) is 6.26 Å². The molecule has 144 valence electrons. The van der Waals surface area contributed by atoms with Crippen LogP contribution in [0.3, 0.4) is 0 Å². The first-order valence-electron chi connectivity index (χ1n) is 8.73. The van der Waals surface area contributed by atoms with Crippen LogP contribution in [0.5, 0.6) is 0 Å². The van der Waals surface area contributed by atoms with E-state index in [0.717, 1.165) is 11.3 Å². The molecule has 0 atom stereocenters. The van der Waals surface area contributed by atoms with Gasteiger partial charge in [0.15, 0.2) is 5.69 Å². The van der Waals surface area contributed by atoms with Gasteiger partial charge in [0.25, 0.3) is 17.4 Å². The van der Waals surface area contributed by atoms with Crippen LogP contribution < -0.4 is 16.4 Å². The monoisotopic (exact) mass is 396 g/mol. The first-order chi connectivity index (χ1) is 13.5. The third-order valence-electron chi connectivity index (χ3n) is 4.20. The lowest BCUT2D eigenvalue weighted by Crippen LogP contribution is -2.42. The summed E-state index contributed by atoms with van der Waals surface area (Å²) in [5.74, 6) is -0.159. The average molecular weight is 396 g/mol. The Morgan fingerprint density at radius 3 is 2.29 bits per heavy atom. The molecule has 0 spiro atoms. The lowest BCUT2D eigenvalue weighted by Gasteiger charge is -2.11. The van der Waals surface area contributed by atoms with Crippen molar-refractivity contribution >= 4 is 34.3 Å². The van der Waals surface area contributed by atoms with E-state index in [1.807, 2.05) is 18.4 Å². The Kier molecular flexibility index (Phi) is 6.10. The van der Waals surface area contributed by atoms with Gasteiger partial charge in [0.05, 0.1) is 5.39 Å². The van der Waals surface area contributed by atoms with Crippen LogP contribution in [0.2, 0.25) is 0 Å². The van der Waals surface area contributed by atoms with Gasteiger partial charge in [-0.05, 0) is 36.9 Å². The van der Waals surface area contributed by atoms with Crippen LogP contribution in [0.15, 0.2) is 53.3 Å². The zero-order valence-corrected chi connectivity index (χ0v) is 16.4. The van der Waals surface area contributed by atoms with Crippen molar-refractivity contribution in [2.45, 2.75) is 19.2 Å².